The van der Waals surface area contributed by atoms with Gasteiger partial charge in [-0.05, 0) is 30.3 Å². The molecule has 3 N–H and O–H groups in total. The van der Waals surface area contributed by atoms with Crippen LogP contribution in [0.25, 0.3) is 0 Å². The van der Waals surface area contributed by atoms with Gasteiger partial charge in [-0.3, -0.25) is 14.8 Å². The van der Waals surface area contributed by atoms with E-state index in [1.165, 1.54) is 43.5 Å². The van der Waals surface area contributed by atoms with E-state index in [1.807, 2.05) is 0 Å². The first-order valence-electron chi connectivity index (χ1n) is 6.04. The Morgan fingerprint density at radius 1 is 1.18 bits per heavy atom. The molecule has 0 saturated heterocycles. The molecule has 9 heteroatoms. The van der Waals surface area contributed by atoms with Crippen molar-refractivity contribution in [1.29, 1.82) is 0 Å². The number of nitrogen functional groups attached to an aromatic ring is 1. The van der Waals surface area contributed by atoms with E-state index in [0.29, 0.717) is 5.69 Å². The molecule has 0 fully saturated rings. The Morgan fingerprint density at radius 3 is 2.36 bits per heavy atom. The molecule has 0 aliphatic rings. The van der Waals surface area contributed by atoms with Crippen molar-refractivity contribution in [2.75, 3.05) is 17.6 Å². The molecule has 2 rings (SSSR count). The first-order chi connectivity index (χ1) is 10.3. The zero-order valence-electron chi connectivity index (χ0n) is 11.5. The summed E-state index contributed by atoms with van der Waals surface area (Å²) in [6, 6.07) is 9.23. The predicted molar refractivity (Wildman–Crippen MR) is 81.3 cm³/mol. The van der Waals surface area contributed by atoms with Crippen molar-refractivity contribution in [2.45, 2.75) is 4.90 Å². The number of ether oxygens (including phenoxy) is 1. The van der Waals surface area contributed by atoms with Gasteiger partial charge in [0.1, 0.15) is 5.75 Å². The molecule has 2 aromatic rings. The first kappa shape index (κ1) is 15.6. The zero-order chi connectivity index (χ0) is 16.3. The maximum Gasteiger partial charge on any atom is 0.273 e. The van der Waals surface area contributed by atoms with Gasteiger partial charge < -0.3 is 10.5 Å². The molecule has 0 radical (unpaired) electrons. The molecule has 22 heavy (non-hydrogen) atoms. The Hall–Kier alpha value is -2.81. The van der Waals surface area contributed by atoms with E-state index in [-0.39, 0.29) is 22.0 Å². The van der Waals surface area contributed by atoms with Crippen molar-refractivity contribution in [3.8, 4) is 5.75 Å². The van der Waals surface area contributed by atoms with Crippen LogP contribution in [0.1, 0.15) is 0 Å². The minimum Gasteiger partial charge on any atom is -0.494 e. The zero-order valence-corrected chi connectivity index (χ0v) is 12.3. The third-order valence-corrected chi connectivity index (χ3v) is 4.21. The first-order valence-corrected chi connectivity index (χ1v) is 7.52. The van der Waals surface area contributed by atoms with Crippen LogP contribution in [0, 0.1) is 10.1 Å². The number of benzene rings is 2. The Labute approximate surface area is 126 Å². The average molecular weight is 323 g/mol. The number of rotatable bonds is 5. The summed E-state index contributed by atoms with van der Waals surface area (Å²) >= 11 is 0. The molecular weight excluding hydrogens is 310 g/mol. The van der Waals surface area contributed by atoms with Crippen LogP contribution in [-0.4, -0.2) is 20.5 Å². The molecule has 0 aliphatic heterocycles. The third kappa shape index (κ3) is 3.26. The lowest BCUT2D eigenvalue weighted by molar-refractivity contribution is -0.384. The van der Waals surface area contributed by atoms with Crippen molar-refractivity contribution in [2.24, 2.45) is 0 Å². The summed E-state index contributed by atoms with van der Waals surface area (Å²) in [5, 5.41) is 10.7. The topological polar surface area (TPSA) is 125 Å². The van der Waals surface area contributed by atoms with Gasteiger partial charge in [-0.1, -0.05) is 0 Å². The molecule has 0 aromatic heterocycles. The van der Waals surface area contributed by atoms with Crippen LogP contribution < -0.4 is 15.2 Å². The molecule has 0 bridgehead atoms. The van der Waals surface area contributed by atoms with E-state index in [0.717, 1.165) is 6.07 Å². The second-order valence-electron chi connectivity index (χ2n) is 4.32. The summed E-state index contributed by atoms with van der Waals surface area (Å²) in [6.45, 7) is 0. The number of nitrogens with one attached hydrogen (secondary N) is 1. The van der Waals surface area contributed by atoms with Crippen molar-refractivity contribution >= 4 is 27.1 Å². The molecule has 0 unspecified atom stereocenters. The highest BCUT2D eigenvalue weighted by Crippen LogP contribution is 2.30. The van der Waals surface area contributed by atoms with Gasteiger partial charge in [0, 0.05) is 11.8 Å². The minimum atomic E-state index is -3.85. The number of nitrogens with two attached hydrogens (primary N) is 1. The molecule has 0 saturated carbocycles. The average Bonchev–Trinajstić information content (AvgIpc) is 2.47. The number of sulfonamides is 1. The number of nitro groups is 1. The largest absolute Gasteiger partial charge is 0.494 e. The summed E-state index contributed by atoms with van der Waals surface area (Å²) < 4.78 is 31.8. The lowest BCUT2D eigenvalue weighted by atomic mass is 10.2. The van der Waals surface area contributed by atoms with Gasteiger partial charge >= 0.3 is 0 Å². The van der Waals surface area contributed by atoms with Crippen LogP contribution in [0.15, 0.2) is 47.4 Å². The Morgan fingerprint density at radius 2 is 1.82 bits per heavy atom. The van der Waals surface area contributed by atoms with Crippen LogP contribution in [0.5, 0.6) is 5.75 Å². The number of hydrogen-bond donors (Lipinski definition) is 2. The van der Waals surface area contributed by atoms with Gasteiger partial charge in [0.2, 0.25) is 0 Å². The Kier molecular flexibility index (Phi) is 4.18. The number of nitrogens with zero attached hydrogens (tertiary/aromatic N) is 1. The number of methoxy groups -OCH3 is 1. The van der Waals surface area contributed by atoms with E-state index in [2.05, 4.69) is 4.72 Å². The number of hydrogen-bond acceptors (Lipinski definition) is 6. The molecule has 8 nitrogen and oxygen atoms in total. The van der Waals surface area contributed by atoms with Crippen molar-refractivity contribution < 1.29 is 18.1 Å². The fourth-order valence-electron chi connectivity index (χ4n) is 1.73. The van der Waals surface area contributed by atoms with E-state index in [4.69, 9.17) is 10.5 Å². The summed E-state index contributed by atoms with van der Waals surface area (Å²) in [6.07, 6.45) is 0. The van der Waals surface area contributed by atoms with Crippen LogP contribution in [0.4, 0.5) is 17.1 Å². The van der Waals surface area contributed by atoms with Crippen LogP contribution in [-0.2, 0) is 10.0 Å². The smallest absolute Gasteiger partial charge is 0.273 e. The number of anilines is 2. The predicted octanol–water partition coefficient (Wildman–Crippen LogP) is 1.99. The molecule has 0 amide bonds. The lowest BCUT2D eigenvalue weighted by Gasteiger charge is -2.11. The Balaban J connectivity index is 2.37. The van der Waals surface area contributed by atoms with Gasteiger partial charge in [-0.2, -0.15) is 0 Å². The molecule has 2 aromatic carbocycles. The summed E-state index contributed by atoms with van der Waals surface area (Å²) in [5.41, 5.74) is 5.85. The summed E-state index contributed by atoms with van der Waals surface area (Å²) in [7, 11) is -2.56. The molecule has 0 atom stereocenters. The van der Waals surface area contributed by atoms with Gasteiger partial charge in [-0.25, -0.2) is 8.42 Å². The van der Waals surface area contributed by atoms with E-state index in [1.54, 1.807) is 0 Å². The van der Waals surface area contributed by atoms with Crippen molar-refractivity contribution in [3.05, 3.63) is 52.6 Å². The third-order valence-electron chi connectivity index (χ3n) is 2.83. The van der Waals surface area contributed by atoms with Crippen molar-refractivity contribution in [3.63, 3.8) is 0 Å². The highest BCUT2D eigenvalue weighted by Gasteiger charge is 2.18. The maximum absolute atomic E-state index is 12.3. The van der Waals surface area contributed by atoms with E-state index >= 15 is 0 Å². The molecule has 0 aliphatic carbocycles. The van der Waals surface area contributed by atoms with Gasteiger partial charge in [0.05, 0.1) is 28.7 Å². The molecule has 0 heterocycles. The SMILES string of the molecule is COc1cc([N+](=O)[O-])ccc1NS(=O)(=O)c1ccc(N)cc1. The highest BCUT2D eigenvalue weighted by atomic mass is 32.2. The normalized spacial score (nSPS) is 11.0. The van der Waals surface area contributed by atoms with Crippen LogP contribution >= 0.6 is 0 Å². The minimum absolute atomic E-state index is 0.0158. The molecular formula is C13H13N3O5S. The maximum atomic E-state index is 12.3. The standard InChI is InChI=1S/C13H13N3O5S/c1-21-13-8-10(16(17)18)4-7-12(13)15-22(19,20)11-5-2-9(14)3-6-11/h2-8,15H,14H2,1H3. The fraction of sp³-hybridized carbons (Fsp3) is 0.0769. The van der Waals surface area contributed by atoms with E-state index in [9.17, 15) is 18.5 Å². The number of non-ortho nitro benzene ring substituents is 1. The monoisotopic (exact) mass is 323 g/mol. The summed E-state index contributed by atoms with van der Waals surface area (Å²) in [4.78, 5) is 10.1. The van der Waals surface area contributed by atoms with Gasteiger partial charge in [0.25, 0.3) is 15.7 Å². The lowest BCUT2D eigenvalue weighted by Crippen LogP contribution is -2.13. The van der Waals surface area contributed by atoms with E-state index < -0.39 is 14.9 Å². The van der Waals surface area contributed by atoms with Gasteiger partial charge in [-0.15, -0.1) is 0 Å². The van der Waals surface area contributed by atoms with Gasteiger partial charge in [0.15, 0.2) is 0 Å². The number of nitro benzene ring substituents is 1. The quantitative estimate of drug-likeness (QED) is 0.492. The second kappa shape index (κ2) is 5.90. The molecule has 116 valence electrons. The van der Waals surface area contributed by atoms with Crippen LogP contribution in [0.3, 0.4) is 0 Å². The highest BCUT2D eigenvalue weighted by molar-refractivity contribution is 7.92. The second-order valence-corrected chi connectivity index (χ2v) is 6.00. The Bertz CT molecular complexity index is 803. The fourth-order valence-corrected chi connectivity index (χ4v) is 2.80. The van der Waals surface area contributed by atoms with Crippen molar-refractivity contribution in [1.82, 2.24) is 0 Å². The molecule has 0 spiro atoms. The van der Waals surface area contributed by atoms with Crippen LogP contribution in [0.2, 0.25) is 0 Å². The summed E-state index contributed by atoms with van der Waals surface area (Å²) in [5.74, 6) is 0.0493.